The van der Waals surface area contributed by atoms with Gasteiger partial charge in [-0.25, -0.2) is 9.78 Å². The number of carbonyl (C=O) groups excluding carboxylic acids is 1. The lowest BCUT2D eigenvalue weighted by Gasteiger charge is -2.15. The minimum absolute atomic E-state index is 0.446. The summed E-state index contributed by atoms with van der Waals surface area (Å²) in [5.74, 6) is 0.481. The lowest BCUT2D eigenvalue weighted by Crippen LogP contribution is -2.27. The molecule has 6 nitrogen and oxygen atoms in total. The number of fused-ring (bicyclic) bond motifs is 1. The molecule has 0 saturated heterocycles. The molecule has 2 heterocycles. The van der Waals surface area contributed by atoms with Crippen molar-refractivity contribution in [3.8, 4) is 5.75 Å². The summed E-state index contributed by atoms with van der Waals surface area (Å²) in [6, 6.07) is 8.24. The third-order valence-electron chi connectivity index (χ3n) is 5.24. The number of carbonyl (C=O) groups is 1. The molecule has 0 unspecified atom stereocenters. The van der Waals surface area contributed by atoms with Gasteiger partial charge in [-0.3, -0.25) is 4.40 Å². The maximum atomic E-state index is 12.0. The van der Waals surface area contributed by atoms with Gasteiger partial charge in [0.25, 0.3) is 0 Å². The Morgan fingerprint density at radius 1 is 1.21 bits per heavy atom. The predicted molar refractivity (Wildman–Crippen MR) is 117 cm³/mol. The van der Waals surface area contributed by atoms with E-state index in [1.54, 1.807) is 0 Å². The van der Waals surface area contributed by atoms with E-state index < -0.39 is 6.09 Å². The summed E-state index contributed by atoms with van der Waals surface area (Å²) >= 11 is 0. The van der Waals surface area contributed by atoms with Crippen molar-refractivity contribution in [1.82, 2.24) is 14.7 Å². The predicted octanol–water partition coefficient (Wildman–Crippen LogP) is 4.93. The molecule has 0 saturated carbocycles. The van der Waals surface area contributed by atoms with Crippen LogP contribution in [0.3, 0.4) is 0 Å². The molecule has 0 aliphatic heterocycles. The SMILES string of the molecule is CCCNC(=O)Oc1cc(NCc2c(C)cccc2CC)c2nc(C)c(C)n2c1. The summed E-state index contributed by atoms with van der Waals surface area (Å²) in [5.41, 5.74) is 7.52. The first-order valence-electron chi connectivity index (χ1n) is 10.2. The standard InChI is InChI=1S/C23H30N4O2/c1-6-11-24-23(28)29-19-12-21(22-26-16(4)17(5)27(22)14-19)25-13-20-15(3)9-8-10-18(20)7-2/h8-10,12,14,25H,6-7,11,13H2,1-5H3,(H,24,28). The van der Waals surface area contributed by atoms with Gasteiger partial charge < -0.3 is 15.4 Å². The van der Waals surface area contributed by atoms with Crippen LogP contribution in [0.5, 0.6) is 5.75 Å². The Morgan fingerprint density at radius 2 is 2.00 bits per heavy atom. The minimum Gasteiger partial charge on any atom is -0.409 e. The zero-order valence-corrected chi connectivity index (χ0v) is 17.9. The van der Waals surface area contributed by atoms with E-state index in [9.17, 15) is 4.79 Å². The molecule has 6 heteroatoms. The van der Waals surface area contributed by atoms with Gasteiger partial charge in [0.2, 0.25) is 0 Å². The maximum absolute atomic E-state index is 12.0. The monoisotopic (exact) mass is 394 g/mol. The van der Waals surface area contributed by atoms with Crippen LogP contribution >= 0.6 is 0 Å². The topological polar surface area (TPSA) is 67.7 Å². The minimum atomic E-state index is -0.446. The second-order valence-electron chi connectivity index (χ2n) is 7.30. The highest BCUT2D eigenvalue weighted by atomic mass is 16.6. The van der Waals surface area contributed by atoms with Crippen LogP contribution in [0.25, 0.3) is 5.65 Å². The van der Waals surface area contributed by atoms with Crippen LogP contribution in [0.4, 0.5) is 10.5 Å². The molecule has 0 spiro atoms. The molecule has 154 valence electrons. The maximum Gasteiger partial charge on any atom is 0.412 e. The molecule has 0 atom stereocenters. The molecular weight excluding hydrogens is 364 g/mol. The van der Waals surface area contributed by atoms with Crippen LogP contribution < -0.4 is 15.4 Å². The molecule has 3 aromatic rings. The van der Waals surface area contributed by atoms with E-state index in [1.165, 1.54) is 16.7 Å². The largest absolute Gasteiger partial charge is 0.412 e. The summed E-state index contributed by atoms with van der Waals surface area (Å²) in [4.78, 5) is 16.7. The van der Waals surface area contributed by atoms with Crippen molar-refractivity contribution in [3.63, 3.8) is 0 Å². The summed E-state index contributed by atoms with van der Waals surface area (Å²) in [6.45, 7) is 11.6. The number of benzene rings is 1. The Labute approximate surface area is 172 Å². The molecule has 29 heavy (non-hydrogen) atoms. The van der Waals surface area contributed by atoms with E-state index in [4.69, 9.17) is 9.72 Å². The molecule has 0 bridgehead atoms. The average molecular weight is 395 g/mol. The van der Waals surface area contributed by atoms with Crippen molar-refractivity contribution in [2.75, 3.05) is 11.9 Å². The first-order chi connectivity index (χ1) is 13.9. The fraction of sp³-hybridized carbons (Fsp3) is 0.391. The van der Waals surface area contributed by atoms with E-state index in [0.29, 0.717) is 18.8 Å². The van der Waals surface area contributed by atoms with Crippen molar-refractivity contribution in [3.05, 3.63) is 58.5 Å². The van der Waals surface area contributed by atoms with E-state index in [1.807, 2.05) is 37.4 Å². The number of hydrogen-bond donors (Lipinski definition) is 2. The average Bonchev–Trinajstić information content (AvgIpc) is 2.99. The number of aryl methyl sites for hydroxylation is 4. The Hall–Kier alpha value is -3.02. The Balaban J connectivity index is 1.94. The summed E-state index contributed by atoms with van der Waals surface area (Å²) < 4.78 is 7.48. The number of nitrogens with one attached hydrogen (secondary N) is 2. The van der Waals surface area contributed by atoms with Gasteiger partial charge in [-0.15, -0.1) is 0 Å². The van der Waals surface area contributed by atoms with Crippen LogP contribution in [0.1, 0.15) is 48.3 Å². The lowest BCUT2D eigenvalue weighted by atomic mass is 10.00. The zero-order valence-electron chi connectivity index (χ0n) is 17.9. The Kier molecular flexibility index (Phi) is 6.42. The number of rotatable bonds is 7. The lowest BCUT2D eigenvalue weighted by molar-refractivity contribution is 0.200. The number of amides is 1. The molecule has 0 radical (unpaired) electrons. The van der Waals surface area contributed by atoms with Gasteiger partial charge in [-0.05, 0) is 50.3 Å². The first-order valence-corrected chi connectivity index (χ1v) is 10.2. The summed E-state index contributed by atoms with van der Waals surface area (Å²) in [5, 5.41) is 6.26. The number of nitrogens with zero attached hydrogens (tertiary/aromatic N) is 2. The highest BCUT2D eigenvalue weighted by molar-refractivity contribution is 5.74. The van der Waals surface area contributed by atoms with Gasteiger partial charge in [-0.1, -0.05) is 32.0 Å². The van der Waals surface area contributed by atoms with Crippen LogP contribution in [0.2, 0.25) is 0 Å². The fourth-order valence-electron chi connectivity index (χ4n) is 3.43. The van der Waals surface area contributed by atoms with Gasteiger partial charge in [0.1, 0.15) is 0 Å². The quantitative estimate of drug-likeness (QED) is 0.596. The Bertz CT molecular complexity index is 1020. The molecule has 1 aromatic carbocycles. The number of anilines is 1. The summed E-state index contributed by atoms with van der Waals surface area (Å²) in [7, 11) is 0. The number of aromatic nitrogens is 2. The molecule has 3 rings (SSSR count). The van der Waals surface area contributed by atoms with Crippen LogP contribution in [0, 0.1) is 20.8 Å². The summed E-state index contributed by atoms with van der Waals surface area (Å²) in [6.07, 6.45) is 3.21. The molecule has 1 amide bonds. The van der Waals surface area contributed by atoms with Gasteiger partial charge in [0.05, 0.1) is 17.6 Å². The third kappa shape index (κ3) is 4.53. The van der Waals surface area contributed by atoms with Crippen molar-refractivity contribution in [2.45, 2.75) is 54.0 Å². The number of pyridine rings is 1. The molecule has 2 aromatic heterocycles. The van der Waals surface area contributed by atoms with E-state index >= 15 is 0 Å². The number of ether oxygens (including phenoxy) is 1. The first kappa shape index (κ1) is 20.7. The Morgan fingerprint density at radius 3 is 2.72 bits per heavy atom. The van der Waals surface area contributed by atoms with Gasteiger partial charge >= 0.3 is 6.09 Å². The highest BCUT2D eigenvalue weighted by Gasteiger charge is 2.14. The van der Waals surface area contributed by atoms with E-state index in [0.717, 1.165) is 35.6 Å². The number of imidazole rings is 1. The van der Waals surface area contributed by atoms with Crippen LogP contribution in [-0.2, 0) is 13.0 Å². The fourth-order valence-corrected chi connectivity index (χ4v) is 3.43. The number of hydrogen-bond acceptors (Lipinski definition) is 4. The van der Waals surface area contributed by atoms with Gasteiger partial charge in [0.15, 0.2) is 11.4 Å². The van der Waals surface area contributed by atoms with Gasteiger partial charge in [-0.2, -0.15) is 0 Å². The molecule has 0 aliphatic carbocycles. The molecule has 2 N–H and O–H groups in total. The second kappa shape index (κ2) is 8.99. The highest BCUT2D eigenvalue weighted by Crippen LogP contribution is 2.27. The van der Waals surface area contributed by atoms with Crippen LogP contribution in [0.15, 0.2) is 30.5 Å². The van der Waals surface area contributed by atoms with Gasteiger partial charge in [0, 0.05) is 24.8 Å². The van der Waals surface area contributed by atoms with Crippen LogP contribution in [-0.4, -0.2) is 22.0 Å². The van der Waals surface area contributed by atoms with E-state index in [-0.39, 0.29) is 0 Å². The van der Waals surface area contributed by atoms with E-state index in [2.05, 4.69) is 42.7 Å². The van der Waals surface area contributed by atoms with Crippen molar-refractivity contribution >= 4 is 17.4 Å². The molecular formula is C23H30N4O2. The molecule has 0 fully saturated rings. The molecule has 0 aliphatic rings. The third-order valence-corrected chi connectivity index (χ3v) is 5.24. The van der Waals surface area contributed by atoms with Crippen molar-refractivity contribution in [2.24, 2.45) is 0 Å². The smallest absolute Gasteiger partial charge is 0.409 e. The zero-order chi connectivity index (χ0) is 21.0. The normalized spacial score (nSPS) is 10.9. The second-order valence-corrected chi connectivity index (χ2v) is 7.30. The van der Waals surface area contributed by atoms with Crippen molar-refractivity contribution in [1.29, 1.82) is 0 Å². The van der Waals surface area contributed by atoms with Crippen molar-refractivity contribution < 1.29 is 9.53 Å².